The number of hydrogen-bond donors (Lipinski definition) is 1. The Hall–Kier alpha value is 0.527. The molecule has 0 aromatic carbocycles. The van der Waals surface area contributed by atoms with Crippen LogP contribution in [0.15, 0.2) is 11.6 Å². The van der Waals surface area contributed by atoms with E-state index in [-0.39, 0.29) is 21.3 Å². The fraction of sp³-hybridized carbons (Fsp3) is 0.933. The quantitative estimate of drug-likeness (QED) is 0.151. The summed E-state index contributed by atoms with van der Waals surface area (Å²) in [6, 6.07) is 0. The van der Waals surface area contributed by atoms with Gasteiger partial charge in [-0.25, -0.2) is 0 Å². The van der Waals surface area contributed by atoms with Crippen LogP contribution in [0.4, 0.5) is 0 Å². The van der Waals surface area contributed by atoms with Crippen molar-refractivity contribution < 1.29 is 19.0 Å². The van der Waals surface area contributed by atoms with Crippen LogP contribution in [-0.2, 0) is 13.9 Å². The summed E-state index contributed by atoms with van der Waals surface area (Å²) in [5.74, 6) is 0.634. The van der Waals surface area contributed by atoms with Crippen LogP contribution in [0.5, 0.6) is 0 Å². The molecule has 0 amide bonds. The number of allylic oxidation sites excluding steroid dienone is 1. The Morgan fingerprint density at radius 1 is 1.06 bits per heavy atom. The lowest BCUT2D eigenvalue weighted by atomic mass is 9.47. The van der Waals surface area contributed by atoms with E-state index in [0.717, 1.165) is 36.5 Å². The second kappa shape index (κ2) is 8.76. The van der Waals surface area contributed by atoms with E-state index >= 15 is 0 Å². The largest absolute Gasteiger partial charge is 0.413 e. The highest BCUT2D eigenvalue weighted by atomic mass is 127. The minimum atomic E-state index is -1.82. The van der Waals surface area contributed by atoms with E-state index in [1.807, 2.05) is 0 Å². The van der Waals surface area contributed by atoms with Crippen molar-refractivity contribution in [2.45, 2.75) is 129 Å². The maximum absolute atomic E-state index is 12.4. The minimum absolute atomic E-state index is 0.0468. The van der Waals surface area contributed by atoms with Crippen LogP contribution in [0.1, 0.15) is 92.9 Å². The van der Waals surface area contributed by atoms with Crippen LogP contribution in [0.3, 0.4) is 0 Å². The minimum Gasteiger partial charge on any atom is -0.413 e. The predicted octanol–water partition coefficient (Wildman–Crippen LogP) is 7.64. The predicted molar refractivity (Wildman–Crippen MR) is 157 cm³/mol. The van der Waals surface area contributed by atoms with Gasteiger partial charge in [0.15, 0.2) is 14.1 Å². The zero-order chi connectivity index (χ0) is 26.4. The molecule has 36 heavy (non-hydrogen) atoms. The topological polar surface area (TPSA) is 47.9 Å². The summed E-state index contributed by atoms with van der Waals surface area (Å²) in [6.45, 7) is 20.2. The average Bonchev–Trinajstić information content (AvgIpc) is 3.10. The highest BCUT2D eigenvalue weighted by Gasteiger charge is 2.66. The first-order chi connectivity index (χ1) is 16.5. The van der Waals surface area contributed by atoms with E-state index in [4.69, 9.17) is 13.9 Å². The first-order valence-electron chi connectivity index (χ1n) is 14.5. The van der Waals surface area contributed by atoms with Crippen LogP contribution >= 0.6 is 22.6 Å². The van der Waals surface area contributed by atoms with Gasteiger partial charge in [-0.2, -0.15) is 0 Å². The number of alkyl halides is 1. The lowest BCUT2D eigenvalue weighted by molar-refractivity contribution is -0.342. The zero-order valence-electron chi connectivity index (χ0n) is 24.1. The van der Waals surface area contributed by atoms with E-state index < -0.39 is 19.7 Å². The molecule has 4 fully saturated rings. The van der Waals surface area contributed by atoms with Crippen molar-refractivity contribution in [1.29, 1.82) is 0 Å². The van der Waals surface area contributed by atoms with Crippen LogP contribution < -0.4 is 0 Å². The molecule has 0 bridgehead atoms. The van der Waals surface area contributed by atoms with E-state index in [1.54, 1.807) is 5.57 Å². The van der Waals surface area contributed by atoms with E-state index in [2.05, 4.69) is 83.3 Å². The van der Waals surface area contributed by atoms with Crippen molar-refractivity contribution in [1.82, 2.24) is 0 Å². The lowest BCUT2D eigenvalue weighted by Gasteiger charge is -2.63. The summed E-state index contributed by atoms with van der Waals surface area (Å²) in [7, 11) is -1.82. The lowest BCUT2D eigenvalue weighted by Crippen LogP contribution is -2.66. The smallest absolute Gasteiger partial charge is 0.192 e. The number of fused-ring (bicyclic) bond motifs is 5. The first-order valence-corrected chi connectivity index (χ1v) is 18.9. The molecule has 5 rings (SSSR count). The molecule has 3 saturated carbocycles. The molecule has 0 radical (unpaired) electrons. The Morgan fingerprint density at radius 3 is 2.33 bits per heavy atom. The SMILES string of the molecule is CC1(C)COC2(CC[C@]3(CI)C4=CC[C@@]5(C)C(CC[C@@H]5O[Si](C)(C)C(C)(C)C)C4CC[C@]3(O)C2)OC1. The summed E-state index contributed by atoms with van der Waals surface area (Å²) in [5.41, 5.74) is 0.932. The number of hydrogen-bond acceptors (Lipinski definition) is 4. The number of aliphatic hydroxyl groups is 1. The second-order valence-electron chi connectivity index (χ2n) is 15.6. The molecule has 0 aromatic heterocycles. The summed E-state index contributed by atoms with van der Waals surface area (Å²) >= 11 is 2.57. The van der Waals surface area contributed by atoms with E-state index in [1.165, 1.54) is 12.8 Å². The Balaban J connectivity index is 1.42. The molecule has 1 aliphatic heterocycles. The van der Waals surface area contributed by atoms with Crippen LogP contribution in [0.2, 0.25) is 18.1 Å². The summed E-state index contributed by atoms with van der Waals surface area (Å²) < 4.78 is 20.9. The maximum Gasteiger partial charge on any atom is 0.192 e. The van der Waals surface area contributed by atoms with Crippen molar-refractivity contribution in [3.05, 3.63) is 11.6 Å². The highest BCUT2D eigenvalue weighted by molar-refractivity contribution is 14.1. The average molecular weight is 631 g/mol. The van der Waals surface area contributed by atoms with Gasteiger partial charge >= 0.3 is 0 Å². The molecule has 5 aliphatic rings. The van der Waals surface area contributed by atoms with Gasteiger partial charge in [-0.1, -0.05) is 75.8 Å². The van der Waals surface area contributed by atoms with Gasteiger partial charge in [0.25, 0.3) is 0 Å². The molecule has 206 valence electrons. The van der Waals surface area contributed by atoms with Crippen molar-refractivity contribution in [3.8, 4) is 0 Å². The third-order valence-corrected chi connectivity index (χ3v) is 17.5. The highest BCUT2D eigenvalue weighted by Crippen LogP contribution is 2.68. The molecule has 1 heterocycles. The molecule has 6 atom stereocenters. The zero-order valence-corrected chi connectivity index (χ0v) is 27.3. The van der Waals surface area contributed by atoms with E-state index in [0.29, 0.717) is 37.6 Å². The summed E-state index contributed by atoms with van der Waals surface area (Å²) in [5, 5.41) is 12.6. The fourth-order valence-electron chi connectivity index (χ4n) is 8.23. The molecule has 0 aromatic rings. The molecule has 6 heteroatoms. The number of ether oxygens (including phenoxy) is 2. The fourth-order valence-corrected chi connectivity index (χ4v) is 11.2. The van der Waals surface area contributed by atoms with Gasteiger partial charge in [-0.15, -0.1) is 0 Å². The molecular weight excluding hydrogens is 579 g/mol. The van der Waals surface area contributed by atoms with Crippen molar-refractivity contribution in [2.75, 3.05) is 17.6 Å². The molecule has 1 N–H and O–H groups in total. The standard InChI is InChI=1S/C30H51IO4Si/c1-25(2,3)36(7,8)35-24-10-9-22-21-11-14-29(32)17-30(33-19-26(4,5)20-34-30)16-15-28(29,18-31)23(21)12-13-27(22,24)6/h12,21-22,24,32H,9-11,13-20H2,1-8H3/t21?,22?,24-,27-,28-,29-/m0/s1. The van der Waals surface area contributed by atoms with E-state index in [9.17, 15) is 5.11 Å². The van der Waals surface area contributed by atoms with Crippen molar-refractivity contribution in [2.24, 2.45) is 28.1 Å². The molecule has 4 aliphatic carbocycles. The maximum atomic E-state index is 12.4. The molecule has 1 saturated heterocycles. The van der Waals surface area contributed by atoms with Crippen molar-refractivity contribution >= 4 is 30.9 Å². The third kappa shape index (κ3) is 4.17. The molecule has 4 nitrogen and oxygen atoms in total. The molecular formula is C30H51IO4Si. The van der Waals surface area contributed by atoms with Gasteiger partial charge < -0.3 is 19.0 Å². The van der Waals surface area contributed by atoms with Gasteiger partial charge in [-0.3, -0.25) is 0 Å². The van der Waals surface area contributed by atoms with Crippen LogP contribution in [-0.4, -0.2) is 48.6 Å². The van der Waals surface area contributed by atoms with Crippen LogP contribution in [0, 0.1) is 28.1 Å². The third-order valence-electron chi connectivity index (χ3n) is 11.7. The monoisotopic (exact) mass is 630 g/mol. The first kappa shape index (κ1) is 28.1. The second-order valence-corrected chi connectivity index (χ2v) is 21.2. The van der Waals surface area contributed by atoms with Crippen LogP contribution in [0.25, 0.3) is 0 Å². The molecule has 1 spiro atoms. The Kier molecular flexibility index (Phi) is 6.83. The van der Waals surface area contributed by atoms with Gasteiger partial charge in [0, 0.05) is 28.1 Å². The Morgan fingerprint density at radius 2 is 1.72 bits per heavy atom. The summed E-state index contributed by atoms with van der Waals surface area (Å²) in [4.78, 5) is 0. The van der Waals surface area contributed by atoms with Gasteiger partial charge in [0.1, 0.15) is 0 Å². The molecule has 2 unspecified atom stereocenters. The number of halogens is 1. The Labute approximate surface area is 235 Å². The van der Waals surface area contributed by atoms with Gasteiger partial charge in [0.2, 0.25) is 0 Å². The van der Waals surface area contributed by atoms with Gasteiger partial charge in [-0.05, 0) is 73.9 Å². The summed E-state index contributed by atoms with van der Waals surface area (Å²) in [6.07, 6.45) is 10.9. The Bertz CT molecular complexity index is 899. The van der Waals surface area contributed by atoms with Crippen molar-refractivity contribution in [3.63, 3.8) is 0 Å². The number of rotatable bonds is 3. The normalized spacial score (nSPS) is 43.9. The van der Waals surface area contributed by atoms with Gasteiger partial charge in [0.05, 0.1) is 24.9 Å².